The number of aldehydes is 1. The second kappa shape index (κ2) is 8.11. The summed E-state index contributed by atoms with van der Waals surface area (Å²) in [7, 11) is -1.69. The van der Waals surface area contributed by atoms with Crippen molar-refractivity contribution < 1.29 is 9.22 Å². The van der Waals surface area contributed by atoms with Gasteiger partial charge in [0.25, 0.3) is 0 Å². The lowest BCUT2D eigenvalue weighted by Crippen LogP contribution is -2.44. The van der Waals surface area contributed by atoms with Crippen LogP contribution in [0.2, 0.25) is 18.1 Å². The van der Waals surface area contributed by atoms with Crippen molar-refractivity contribution in [3.63, 3.8) is 0 Å². The van der Waals surface area contributed by atoms with Gasteiger partial charge in [-0.25, -0.2) is 0 Å². The van der Waals surface area contributed by atoms with Crippen LogP contribution in [0.15, 0.2) is 0 Å². The SMILES string of the molecule is CCCCC[C@H](CCC=O)O[Si](C)(C)C(C)(C)C. The van der Waals surface area contributed by atoms with E-state index in [0.29, 0.717) is 6.42 Å². The molecule has 2 nitrogen and oxygen atoms in total. The Balaban J connectivity index is 4.41. The summed E-state index contributed by atoms with van der Waals surface area (Å²) < 4.78 is 6.43. The van der Waals surface area contributed by atoms with Gasteiger partial charge in [0.2, 0.25) is 0 Å². The van der Waals surface area contributed by atoms with E-state index in [1.54, 1.807) is 0 Å². The smallest absolute Gasteiger partial charge is 0.192 e. The first kappa shape index (κ1) is 17.8. The van der Waals surface area contributed by atoms with E-state index < -0.39 is 8.32 Å². The zero-order valence-corrected chi connectivity index (χ0v) is 14.2. The van der Waals surface area contributed by atoms with E-state index >= 15 is 0 Å². The predicted octanol–water partition coefficient (Wildman–Crippen LogP) is 4.94. The molecule has 18 heavy (non-hydrogen) atoms. The minimum atomic E-state index is -1.69. The van der Waals surface area contributed by atoms with Crippen molar-refractivity contribution in [3.8, 4) is 0 Å². The van der Waals surface area contributed by atoms with Gasteiger partial charge in [-0.05, 0) is 31.0 Å². The lowest BCUT2D eigenvalue weighted by molar-refractivity contribution is -0.108. The Morgan fingerprint density at radius 2 is 1.78 bits per heavy atom. The van der Waals surface area contributed by atoms with E-state index in [9.17, 15) is 4.79 Å². The molecule has 0 unspecified atom stereocenters. The molecule has 0 heterocycles. The molecule has 0 saturated heterocycles. The topological polar surface area (TPSA) is 26.3 Å². The number of unbranched alkanes of at least 4 members (excludes halogenated alkanes) is 2. The summed E-state index contributed by atoms with van der Waals surface area (Å²) in [6, 6.07) is 0. The average Bonchev–Trinajstić information content (AvgIpc) is 2.24. The van der Waals surface area contributed by atoms with E-state index in [2.05, 4.69) is 40.8 Å². The normalized spacial score (nSPS) is 14.6. The van der Waals surface area contributed by atoms with Gasteiger partial charge in [0, 0.05) is 12.5 Å². The second-order valence-corrected chi connectivity index (χ2v) is 11.5. The number of hydrogen-bond acceptors (Lipinski definition) is 2. The molecule has 0 amide bonds. The van der Waals surface area contributed by atoms with Crippen LogP contribution in [0.3, 0.4) is 0 Å². The summed E-state index contributed by atoms with van der Waals surface area (Å²) in [5.41, 5.74) is 0. The zero-order valence-electron chi connectivity index (χ0n) is 13.2. The van der Waals surface area contributed by atoms with Crippen molar-refractivity contribution >= 4 is 14.6 Å². The molecule has 0 rings (SSSR count). The predicted molar refractivity (Wildman–Crippen MR) is 81.5 cm³/mol. The molecule has 0 fully saturated rings. The molecule has 0 radical (unpaired) electrons. The molecule has 0 N–H and O–H groups in total. The third kappa shape index (κ3) is 6.69. The van der Waals surface area contributed by atoms with Gasteiger partial charge in [-0.3, -0.25) is 0 Å². The van der Waals surface area contributed by atoms with E-state index in [0.717, 1.165) is 19.1 Å². The van der Waals surface area contributed by atoms with Crippen LogP contribution >= 0.6 is 0 Å². The van der Waals surface area contributed by atoms with Crippen molar-refractivity contribution in [1.29, 1.82) is 0 Å². The Hall–Kier alpha value is -0.153. The third-order valence-corrected chi connectivity index (χ3v) is 8.54. The Labute approximate surface area is 115 Å². The molecule has 3 heteroatoms. The molecule has 0 aliphatic heterocycles. The molecule has 0 aromatic carbocycles. The van der Waals surface area contributed by atoms with Crippen LogP contribution in [-0.2, 0) is 9.22 Å². The zero-order chi connectivity index (χ0) is 14.2. The maximum absolute atomic E-state index is 10.6. The largest absolute Gasteiger partial charge is 0.414 e. The fraction of sp³-hybridized carbons (Fsp3) is 0.933. The van der Waals surface area contributed by atoms with Crippen LogP contribution in [0, 0.1) is 0 Å². The first-order valence-electron chi connectivity index (χ1n) is 7.36. The van der Waals surface area contributed by atoms with E-state index in [1.165, 1.54) is 19.3 Å². The van der Waals surface area contributed by atoms with Crippen LogP contribution in [0.4, 0.5) is 0 Å². The average molecular weight is 273 g/mol. The fourth-order valence-corrected chi connectivity index (χ4v) is 3.15. The number of hydrogen-bond donors (Lipinski definition) is 0. The fourth-order valence-electron chi connectivity index (χ4n) is 1.73. The molecule has 108 valence electrons. The van der Waals surface area contributed by atoms with Crippen molar-refractivity contribution in [3.05, 3.63) is 0 Å². The quantitative estimate of drug-likeness (QED) is 0.338. The third-order valence-electron chi connectivity index (χ3n) is 4.00. The van der Waals surface area contributed by atoms with Crippen molar-refractivity contribution in [2.45, 2.75) is 90.5 Å². The van der Waals surface area contributed by atoms with E-state index in [-0.39, 0.29) is 11.1 Å². The van der Waals surface area contributed by atoms with Gasteiger partial charge in [0.15, 0.2) is 8.32 Å². The highest BCUT2D eigenvalue weighted by Crippen LogP contribution is 2.38. The number of rotatable bonds is 9. The first-order valence-corrected chi connectivity index (χ1v) is 10.3. The standard InChI is InChI=1S/C15H32O2Si/c1-7-8-9-11-14(12-10-13-16)17-18(5,6)15(2,3)4/h13-14H,7-12H2,1-6H3/t14-/m1/s1. The van der Waals surface area contributed by atoms with Gasteiger partial charge in [0.05, 0.1) is 0 Å². The minimum Gasteiger partial charge on any atom is -0.414 e. The Bertz CT molecular complexity index is 231. The van der Waals surface area contributed by atoms with Crippen LogP contribution in [0.25, 0.3) is 0 Å². The maximum atomic E-state index is 10.6. The van der Waals surface area contributed by atoms with Crippen molar-refractivity contribution in [2.75, 3.05) is 0 Å². The van der Waals surface area contributed by atoms with Crippen molar-refractivity contribution in [1.82, 2.24) is 0 Å². The highest BCUT2D eigenvalue weighted by Gasteiger charge is 2.38. The number of carbonyl (C=O) groups is 1. The molecule has 0 aliphatic rings. The summed E-state index contributed by atoms with van der Waals surface area (Å²) in [5.74, 6) is 0. The van der Waals surface area contributed by atoms with Crippen molar-refractivity contribution in [2.24, 2.45) is 0 Å². The van der Waals surface area contributed by atoms with Gasteiger partial charge < -0.3 is 9.22 Å². The molecule has 0 aromatic heterocycles. The first-order chi connectivity index (χ1) is 8.24. The highest BCUT2D eigenvalue weighted by atomic mass is 28.4. The number of carbonyl (C=O) groups excluding carboxylic acids is 1. The van der Waals surface area contributed by atoms with Gasteiger partial charge in [0.1, 0.15) is 6.29 Å². The molecule has 0 bridgehead atoms. The van der Waals surface area contributed by atoms with Gasteiger partial charge >= 0.3 is 0 Å². The van der Waals surface area contributed by atoms with E-state index in [1.807, 2.05) is 0 Å². The van der Waals surface area contributed by atoms with Gasteiger partial charge in [-0.1, -0.05) is 47.0 Å². The molecular formula is C15H32O2Si. The maximum Gasteiger partial charge on any atom is 0.192 e. The monoisotopic (exact) mass is 272 g/mol. The minimum absolute atomic E-state index is 0.247. The van der Waals surface area contributed by atoms with Crippen LogP contribution < -0.4 is 0 Å². The van der Waals surface area contributed by atoms with Crippen LogP contribution in [0.1, 0.15) is 66.2 Å². The Kier molecular flexibility index (Phi) is 8.04. The summed E-state index contributed by atoms with van der Waals surface area (Å²) in [6.07, 6.45) is 7.64. The summed E-state index contributed by atoms with van der Waals surface area (Å²) in [6.45, 7) is 13.6. The Morgan fingerprint density at radius 3 is 2.22 bits per heavy atom. The molecule has 0 saturated carbocycles. The van der Waals surface area contributed by atoms with Crippen LogP contribution in [-0.4, -0.2) is 20.7 Å². The molecule has 0 spiro atoms. The Morgan fingerprint density at radius 1 is 1.17 bits per heavy atom. The van der Waals surface area contributed by atoms with Crippen LogP contribution in [0.5, 0.6) is 0 Å². The second-order valence-electron chi connectivity index (χ2n) is 6.74. The lowest BCUT2D eigenvalue weighted by Gasteiger charge is -2.39. The lowest BCUT2D eigenvalue weighted by atomic mass is 10.1. The van der Waals surface area contributed by atoms with Gasteiger partial charge in [-0.15, -0.1) is 0 Å². The molecule has 0 aromatic rings. The summed E-state index contributed by atoms with van der Waals surface area (Å²) in [5, 5.41) is 0.247. The highest BCUT2D eigenvalue weighted by molar-refractivity contribution is 6.74. The molecular weight excluding hydrogens is 240 g/mol. The molecule has 1 atom stereocenters. The van der Waals surface area contributed by atoms with E-state index in [4.69, 9.17) is 4.43 Å². The van der Waals surface area contributed by atoms with Gasteiger partial charge in [-0.2, -0.15) is 0 Å². The summed E-state index contributed by atoms with van der Waals surface area (Å²) in [4.78, 5) is 10.6. The molecule has 0 aliphatic carbocycles. The summed E-state index contributed by atoms with van der Waals surface area (Å²) >= 11 is 0.